The van der Waals surface area contributed by atoms with Crippen LogP contribution in [0.15, 0.2) is 60.8 Å². The first-order valence-corrected chi connectivity index (χ1v) is 10.8. The molecule has 3 N–H and O–H groups in total. The third-order valence-corrected chi connectivity index (χ3v) is 5.98. The van der Waals surface area contributed by atoms with Crippen molar-refractivity contribution >= 4 is 17.3 Å². The maximum absolute atomic E-state index is 13.5. The first-order chi connectivity index (χ1) is 15.5. The first kappa shape index (κ1) is 22.1. The number of hydroxylamine groups is 2. The van der Waals surface area contributed by atoms with Crippen molar-refractivity contribution in [3.63, 3.8) is 0 Å². The first-order valence-electron chi connectivity index (χ1n) is 10.8. The number of carbonyl (C=O) groups is 2. The van der Waals surface area contributed by atoms with E-state index in [9.17, 15) is 14.8 Å². The van der Waals surface area contributed by atoms with E-state index < -0.39 is 23.9 Å². The Labute approximate surface area is 187 Å². The molecule has 0 radical (unpaired) electrons. The molecule has 4 rings (SSSR count). The van der Waals surface area contributed by atoms with E-state index >= 15 is 0 Å². The molecule has 1 aromatic heterocycles. The number of nitrogens with one attached hydrogen (secondary N) is 2. The predicted octanol–water partition coefficient (Wildman–Crippen LogP) is 1.67. The van der Waals surface area contributed by atoms with Crippen molar-refractivity contribution in [2.45, 2.75) is 31.0 Å². The van der Waals surface area contributed by atoms with Gasteiger partial charge >= 0.3 is 0 Å². The molecule has 2 aliphatic rings. The van der Waals surface area contributed by atoms with E-state index in [1.165, 1.54) is 7.05 Å². The molecular formula is C24H28N4O4. The maximum Gasteiger partial charge on any atom is 0.250 e. The van der Waals surface area contributed by atoms with Crippen LogP contribution in [0.1, 0.15) is 18.4 Å². The summed E-state index contributed by atoms with van der Waals surface area (Å²) in [6, 6.07) is 14.2. The van der Waals surface area contributed by atoms with E-state index in [0.29, 0.717) is 36.9 Å². The van der Waals surface area contributed by atoms with Crippen LogP contribution in [0.3, 0.4) is 0 Å². The van der Waals surface area contributed by atoms with Gasteiger partial charge in [0, 0.05) is 32.4 Å². The topological polar surface area (TPSA) is 104 Å². The average molecular weight is 437 g/mol. The van der Waals surface area contributed by atoms with Gasteiger partial charge in [0.1, 0.15) is 6.10 Å². The Morgan fingerprint density at radius 2 is 1.91 bits per heavy atom. The van der Waals surface area contributed by atoms with Crippen LogP contribution in [0.4, 0.5) is 0 Å². The SMILES string of the molecule is CN(O)C(=O)[C@H]1C[C@H](Oc2ccccn2)CN[C@@H]1C(=O)C1CC(c2ccccc2)=CCN1. The fourth-order valence-electron chi connectivity index (χ4n) is 4.37. The number of pyridine rings is 1. The highest BCUT2D eigenvalue weighted by atomic mass is 16.5. The van der Waals surface area contributed by atoms with Crippen molar-refractivity contribution in [2.75, 3.05) is 20.1 Å². The number of rotatable bonds is 6. The van der Waals surface area contributed by atoms with Gasteiger partial charge in [0.25, 0.3) is 5.91 Å². The van der Waals surface area contributed by atoms with Gasteiger partial charge in [0.05, 0.1) is 18.0 Å². The quantitative estimate of drug-likeness (QED) is 0.467. The van der Waals surface area contributed by atoms with Crippen LogP contribution in [-0.4, -0.2) is 65.3 Å². The molecule has 0 spiro atoms. The molecule has 0 saturated carbocycles. The molecule has 8 nitrogen and oxygen atoms in total. The van der Waals surface area contributed by atoms with Crippen LogP contribution < -0.4 is 15.4 Å². The minimum atomic E-state index is -0.743. The van der Waals surface area contributed by atoms with Crippen LogP contribution in [0.25, 0.3) is 5.57 Å². The number of hydrogen-bond donors (Lipinski definition) is 3. The van der Waals surface area contributed by atoms with Crippen molar-refractivity contribution in [2.24, 2.45) is 5.92 Å². The Balaban J connectivity index is 1.48. The highest BCUT2D eigenvalue weighted by molar-refractivity contribution is 5.96. The van der Waals surface area contributed by atoms with Gasteiger partial charge in [-0.1, -0.05) is 42.5 Å². The van der Waals surface area contributed by atoms with E-state index in [4.69, 9.17) is 4.74 Å². The lowest BCUT2D eigenvalue weighted by atomic mass is 9.81. The fourth-order valence-corrected chi connectivity index (χ4v) is 4.37. The van der Waals surface area contributed by atoms with Crippen LogP contribution in [0.5, 0.6) is 5.88 Å². The smallest absolute Gasteiger partial charge is 0.250 e. The molecule has 1 unspecified atom stereocenters. The molecule has 168 valence electrons. The molecule has 8 heteroatoms. The molecule has 2 aromatic rings. The van der Waals surface area contributed by atoms with Crippen molar-refractivity contribution in [3.05, 3.63) is 66.4 Å². The number of hydrogen-bond acceptors (Lipinski definition) is 7. The maximum atomic E-state index is 13.5. The highest BCUT2D eigenvalue weighted by Gasteiger charge is 2.43. The Morgan fingerprint density at radius 3 is 2.62 bits per heavy atom. The van der Waals surface area contributed by atoms with Gasteiger partial charge < -0.3 is 15.4 Å². The van der Waals surface area contributed by atoms with Crippen LogP contribution in [-0.2, 0) is 9.59 Å². The Morgan fingerprint density at radius 1 is 1.12 bits per heavy atom. The Bertz CT molecular complexity index is 964. The zero-order valence-corrected chi connectivity index (χ0v) is 18.0. The Kier molecular flexibility index (Phi) is 6.94. The van der Waals surface area contributed by atoms with Gasteiger partial charge in [-0.3, -0.25) is 14.8 Å². The minimum absolute atomic E-state index is 0.0805. The van der Waals surface area contributed by atoms with Crippen LogP contribution >= 0.6 is 0 Å². The molecule has 0 bridgehead atoms. The second-order valence-electron chi connectivity index (χ2n) is 8.16. The number of ketones is 1. The van der Waals surface area contributed by atoms with Gasteiger partial charge in [-0.05, 0) is 30.0 Å². The number of benzene rings is 1. The molecule has 1 aromatic carbocycles. The highest BCUT2D eigenvalue weighted by Crippen LogP contribution is 2.27. The third kappa shape index (κ3) is 5.04. The molecule has 2 aliphatic heterocycles. The number of aromatic nitrogens is 1. The fraction of sp³-hybridized carbons (Fsp3) is 0.375. The molecule has 3 heterocycles. The normalized spacial score (nSPS) is 25.5. The average Bonchev–Trinajstić information content (AvgIpc) is 2.84. The van der Waals surface area contributed by atoms with E-state index in [2.05, 4.69) is 21.7 Å². The van der Waals surface area contributed by atoms with Crippen molar-refractivity contribution in [3.8, 4) is 5.88 Å². The summed E-state index contributed by atoms with van der Waals surface area (Å²) in [5.74, 6) is -0.880. The second kappa shape index (κ2) is 10.0. The number of carbonyl (C=O) groups excluding carboxylic acids is 2. The van der Waals surface area contributed by atoms with Crippen molar-refractivity contribution < 1.29 is 19.5 Å². The predicted molar refractivity (Wildman–Crippen MR) is 119 cm³/mol. The molecule has 4 atom stereocenters. The number of amides is 1. The van der Waals surface area contributed by atoms with E-state index in [0.717, 1.165) is 11.1 Å². The molecule has 32 heavy (non-hydrogen) atoms. The summed E-state index contributed by atoms with van der Waals surface area (Å²) in [6.45, 7) is 0.983. The number of nitrogens with zero attached hydrogens (tertiary/aromatic N) is 2. The van der Waals surface area contributed by atoms with Crippen LogP contribution in [0, 0.1) is 5.92 Å². The minimum Gasteiger partial charge on any atom is -0.473 e. The Hall–Kier alpha value is -3.07. The summed E-state index contributed by atoms with van der Waals surface area (Å²) in [5.41, 5.74) is 2.20. The lowest BCUT2D eigenvalue weighted by Crippen LogP contribution is -2.61. The summed E-state index contributed by atoms with van der Waals surface area (Å²) in [5, 5.41) is 16.8. The number of piperidine rings is 1. The van der Waals surface area contributed by atoms with Gasteiger partial charge in [-0.2, -0.15) is 0 Å². The largest absolute Gasteiger partial charge is 0.473 e. The van der Waals surface area contributed by atoms with E-state index in [1.807, 2.05) is 36.4 Å². The lowest BCUT2D eigenvalue weighted by molar-refractivity contribution is -0.168. The van der Waals surface area contributed by atoms with Crippen LogP contribution in [0.2, 0.25) is 0 Å². The number of ether oxygens (including phenoxy) is 1. The standard InChI is InChI=1S/C24H28N4O4/c1-28(31)24(30)19-14-18(32-21-9-5-6-11-26-21)15-27-22(19)23(29)20-13-17(10-12-25-20)16-7-3-2-4-8-16/h2-11,18-20,22,25,27,31H,12-15H2,1H3/t18-,19-,20?,22-/m0/s1. The second-order valence-corrected chi connectivity index (χ2v) is 8.16. The molecule has 1 fully saturated rings. The van der Waals surface area contributed by atoms with Gasteiger partial charge in [0.2, 0.25) is 5.88 Å². The summed E-state index contributed by atoms with van der Waals surface area (Å²) < 4.78 is 5.90. The van der Waals surface area contributed by atoms with Gasteiger partial charge in [-0.15, -0.1) is 0 Å². The molecular weight excluding hydrogens is 408 g/mol. The summed E-state index contributed by atoms with van der Waals surface area (Å²) in [6.07, 6.45) is 4.23. The van der Waals surface area contributed by atoms with Crippen molar-refractivity contribution in [1.29, 1.82) is 0 Å². The van der Waals surface area contributed by atoms with Gasteiger partial charge in [0.15, 0.2) is 5.78 Å². The zero-order valence-electron chi connectivity index (χ0n) is 18.0. The summed E-state index contributed by atoms with van der Waals surface area (Å²) >= 11 is 0. The molecule has 1 amide bonds. The number of Topliss-reactive ketones (excluding diaryl/α,β-unsaturated/α-hetero) is 1. The van der Waals surface area contributed by atoms with E-state index in [-0.39, 0.29) is 11.9 Å². The summed E-state index contributed by atoms with van der Waals surface area (Å²) in [7, 11) is 1.28. The summed E-state index contributed by atoms with van der Waals surface area (Å²) in [4.78, 5) is 30.4. The third-order valence-electron chi connectivity index (χ3n) is 5.98. The van der Waals surface area contributed by atoms with E-state index in [1.54, 1.807) is 18.3 Å². The lowest BCUT2D eigenvalue weighted by Gasteiger charge is -2.38. The molecule has 0 aliphatic carbocycles. The molecule has 1 saturated heterocycles. The monoisotopic (exact) mass is 436 g/mol. The van der Waals surface area contributed by atoms with Crippen molar-refractivity contribution in [1.82, 2.24) is 20.7 Å². The van der Waals surface area contributed by atoms with Gasteiger partial charge in [-0.25, -0.2) is 10.0 Å². The zero-order chi connectivity index (χ0) is 22.5.